The van der Waals surface area contributed by atoms with E-state index in [1.54, 1.807) is 4.68 Å². The maximum absolute atomic E-state index is 11.7. The van der Waals surface area contributed by atoms with Gasteiger partial charge in [0.15, 0.2) is 5.69 Å². The molecule has 1 aromatic carbocycles. The molecule has 0 fully saturated rings. The molecular formula is C14H17N3O2. The normalized spacial score (nSPS) is 10.5. The molecule has 0 radical (unpaired) electrons. The predicted octanol–water partition coefficient (Wildman–Crippen LogP) is 2.31. The van der Waals surface area contributed by atoms with Crippen LogP contribution in [-0.4, -0.2) is 28.1 Å². The van der Waals surface area contributed by atoms with Crippen molar-refractivity contribution in [3.8, 4) is 5.69 Å². The number of nitrogens with zero attached hydrogens (tertiary/aromatic N) is 3. The van der Waals surface area contributed by atoms with Crippen molar-refractivity contribution in [2.75, 3.05) is 7.11 Å². The van der Waals surface area contributed by atoms with E-state index in [0.29, 0.717) is 5.69 Å². The molecule has 0 saturated carbocycles. The largest absolute Gasteiger partial charge is 0.464 e. The first kappa shape index (κ1) is 13.3. The number of hydrogen-bond donors (Lipinski definition) is 0. The van der Waals surface area contributed by atoms with Crippen LogP contribution in [0.4, 0.5) is 0 Å². The third kappa shape index (κ3) is 2.65. The highest BCUT2D eigenvalue weighted by atomic mass is 16.5. The van der Waals surface area contributed by atoms with Crippen LogP contribution in [-0.2, 0) is 11.2 Å². The minimum atomic E-state index is -0.442. The highest BCUT2D eigenvalue weighted by Gasteiger charge is 2.20. The monoisotopic (exact) mass is 259 g/mol. The average Bonchev–Trinajstić information content (AvgIpc) is 2.82. The van der Waals surface area contributed by atoms with E-state index >= 15 is 0 Å². The Hall–Kier alpha value is -2.17. The molecular weight excluding hydrogens is 242 g/mol. The Bertz CT molecular complexity index is 590. The topological polar surface area (TPSA) is 57.0 Å². The van der Waals surface area contributed by atoms with E-state index in [-0.39, 0.29) is 0 Å². The van der Waals surface area contributed by atoms with Crippen LogP contribution in [0.3, 0.4) is 0 Å². The van der Waals surface area contributed by atoms with Gasteiger partial charge < -0.3 is 4.74 Å². The molecule has 0 bridgehead atoms. The second-order valence-electron chi connectivity index (χ2n) is 4.38. The maximum Gasteiger partial charge on any atom is 0.360 e. The average molecular weight is 259 g/mol. The number of esters is 1. The van der Waals surface area contributed by atoms with Crippen LogP contribution in [0.1, 0.15) is 35.1 Å². The number of hydrogen-bond acceptors (Lipinski definition) is 4. The van der Waals surface area contributed by atoms with Crippen molar-refractivity contribution in [1.82, 2.24) is 15.0 Å². The van der Waals surface area contributed by atoms with Gasteiger partial charge in [0.25, 0.3) is 0 Å². The minimum Gasteiger partial charge on any atom is -0.464 e. The van der Waals surface area contributed by atoms with Crippen LogP contribution >= 0.6 is 0 Å². The highest BCUT2D eigenvalue weighted by molar-refractivity contribution is 5.88. The molecule has 0 N–H and O–H groups in total. The van der Waals surface area contributed by atoms with Gasteiger partial charge in [-0.2, -0.15) is 0 Å². The zero-order valence-corrected chi connectivity index (χ0v) is 11.4. The van der Waals surface area contributed by atoms with Gasteiger partial charge >= 0.3 is 5.97 Å². The van der Waals surface area contributed by atoms with Gasteiger partial charge in [0.05, 0.1) is 18.5 Å². The zero-order chi connectivity index (χ0) is 13.8. The number of methoxy groups -OCH3 is 1. The van der Waals surface area contributed by atoms with Gasteiger partial charge in [0.1, 0.15) is 0 Å². The van der Waals surface area contributed by atoms with Gasteiger partial charge in [-0.1, -0.05) is 30.7 Å². The summed E-state index contributed by atoms with van der Waals surface area (Å²) in [5.41, 5.74) is 3.13. The number of rotatable bonds is 4. The Balaban J connectivity index is 2.51. The van der Waals surface area contributed by atoms with E-state index in [9.17, 15) is 4.79 Å². The lowest BCUT2D eigenvalue weighted by molar-refractivity contribution is 0.0592. The van der Waals surface area contributed by atoms with E-state index in [1.165, 1.54) is 7.11 Å². The first-order valence-corrected chi connectivity index (χ1v) is 6.27. The summed E-state index contributed by atoms with van der Waals surface area (Å²) in [5, 5.41) is 8.03. The fourth-order valence-electron chi connectivity index (χ4n) is 1.99. The summed E-state index contributed by atoms with van der Waals surface area (Å²) in [6, 6.07) is 7.93. The summed E-state index contributed by atoms with van der Waals surface area (Å²) in [6.45, 7) is 4.07. The zero-order valence-electron chi connectivity index (χ0n) is 11.4. The standard InChI is InChI=1S/C14H17N3O2/c1-4-6-12-13(14(18)19-3)15-16-17(12)11-8-5-7-10(2)9-11/h5,7-9H,4,6H2,1-3H3. The lowest BCUT2D eigenvalue weighted by Gasteiger charge is -2.07. The molecule has 5 nitrogen and oxygen atoms in total. The number of ether oxygens (including phenoxy) is 1. The van der Waals surface area contributed by atoms with Crippen molar-refractivity contribution < 1.29 is 9.53 Å². The van der Waals surface area contributed by atoms with Crippen LogP contribution in [0.2, 0.25) is 0 Å². The third-order valence-corrected chi connectivity index (χ3v) is 2.87. The van der Waals surface area contributed by atoms with E-state index < -0.39 is 5.97 Å². The molecule has 1 heterocycles. The van der Waals surface area contributed by atoms with Gasteiger partial charge in [-0.25, -0.2) is 9.48 Å². The lowest BCUT2D eigenvalue weighted by atomic mass is 10.2. The van der Waals surface area contributed by atoms with Gasteiger partial charge in [0, 0.05) is 0 Å². The maximum atomic E-state index is 11.7. The number of carbonyl (C=O) groups is 1. The van der Waals surface area contributed by atoms with Crippen molar-refractivity contribution in [3.63, 3.8) is 0 Å². The summed E-state index contributed by atoms with van der Waals surface area (Å²) in [4.78, 5) is 11.7. The molecule has 0 spiro atoms. The number of aryl methyl sites for hydroxylation is 1. The Morgan fingerprint density at radius 1 is 1.42 bits per heavy atom. The summed E-state index contributed by atoms with van der Waals surface area (Å²) in [5.74, 6) is -0.442. The number of benzene rings is 1. The van der Waals surface area contributed by atoms with Crippen molar-refractivity contribution in [1.29, 1.82) is 0 Å². The summed E-state index contributed by atoms with van der Waals surface area (Å²) in [7, 11) is 1.35. The van der Waals surface area contributed by atoms with Crippen LogP contribution in [0.15, 0.2) is 24.3 Å². The second kappa shape index (κ2) is 5.65. The van der Waals surface area contributed by atoms with Crippen molar-refractivity contribution in [3.05, 3.63) is 41.2 Å². The number of aromatic nitrogens is 3. The molecule has 2 aromatic rings. The van der Waals surface area contributed by atoms with Gasteiger partial charge in [-0.05, 0) is 31.0 Å². The number of carbonyl (C=O) groups excluding carboxylic acids is 1. The Labute approximate surface area is 112 Å². The molecule has 0 amide bonds. The van der Waals surface area contributed by atoms with Crippen LogP contribution in [0.25, 0.3) is 5.69 Å². The van der Waals surface area contributed by atoms with Gasteiger partial charge in [-0.3, -0.25) is 0 Å². The summed E-state index contributed by atoms with van der Waals surface area (Å²) < 4.78 is 6.45. The summed E-state index contributed by atoms with van der Waals surface area (Å²) >= 11 is 0. The van der Waals surface area contributed by atoms with Crippen LogP contribution < -0.4 is 0 Å². The van der Waals surface area contributed by atoms with Gasteiger partial charge in [0.2, 0.25) is 0 Å². The van der Waals surface area contributed by atoms with E-state index in [0.717, 1.165) is 29.8 Å². The fourth-order valence-corrected chi connectivity index (χ4v) is 1.99. The van der Waals surface area contributed by atoms with Crippen LogP contribution in [0, 0.1) is 6.92 Å². The Kier molecular flexibility index (Phi) is 3.94. The molecule has 0 aliphatic rings. The van der Waals surface area contributed by atoms with Crippen molar-refractivity contribution >= 4 is 5.97 Å². The molecule has 0 aliphatic heterocycles. The van der Waals surface area contributed by atoms with Crippen LogP contribution in [0.5, 0.6) is 0 Å². The van der Waals surface area contributed by atoms with E-state index in [4.69, 9.17) is 4.74 Å². The predicted molar refractivity (Wildman–Crippen MR) is 71.4 cm³/mol. The molecule has 19 heavy (non-hydrogen) atoms. The summed E-state index contributed by atoms with van der Waals surface area (Å²) in [6.07, 6.45) is 1.63. The molecule has 0 unspecified atom stereocenters. The molecule has 2 rings (SSSR count). The molecule has 0 atom stereocenters. The first-order chi connectivity index (χ1) is 9.17. The fraction of sp³-hybridized carbons (Fsp3) is 0.357. The molecule has 1 aromatic heterocycles. The lowest BCUT2D eigenvalue weighted by Crippen LogP contribution is -2.08. The SMILES string of the molecule is CCCc1c(C(=O)OC)nnn1-c1cccc(C)c1. The molecule has 100 valence electrons. The van der Waals surface area contributed by atoms with Gasteiger partial charge in [-0.15, -0.1) is 5.10 Å². The Morgan fingerprint density at radius 2 is 2.21 bits per heavy atom. The quantitative estimate of drug-likeness (QED) is 0.791. The van der Waals surface area contributed by atoms with E-state index in [1.807, 2.05) is 31.2 Å². The first-order valence-electron chi connectivity index (χ1n) is 6.27. The smallest absolute Gasteiger partial charge is 0.360 e. The van der Waals surface area contributed by atoms with Crippen molar-refractivity contribution in [2.24, 2.45) is 0 Å². The highest BCUT2D eigenvalue weighted by Crippen LogP contribution is 2.16. The minimum absolute atomic E-state index is 0.297. The third-order valence-electron chi connectivity index (χ3n) is 2.87. The second-order valence-corrected chi connectivity index (χ2v) is 4.38. The Morgan fingerprint density at radius 3 is 2.84 bits per heavy atom. The molecule has 0 saturated heterocycles. The molecule has 0 aliphatic carbocycles. The molecule has 5 heteroatoms. The van der Waals surface area contributed by atoms with Crippen molar-refractivity contribution in [2.45, 2.75) is 26.7 Å². The van der Waals surface area contributed by atoms with E-state index in [2.05, 4.69) is 17.2 Å².